The summed E-state index contributed by atoms with van der Waals surface area (Å²) >= 11 is 5.67. The Kier molecular flexibility index (Phi) is 3.45. The quantitative estimate of drug-likeness (QED) is 0.911. The Morgan fingerprint density at radius 2 is 2.18 bits per heavy atom. The second kappa shape index (κ2) is 4.85. The number of rotatable bonds is 3. The molecule has 3 nitrogen and oxygen atoms in total. The van der Waals surface area contributed by atoms with E-state index in [9.17, 15) is 4.39 Å². The third-order valence-corrected chi connectivity index (χ3v) is 3.03. The summed E-state index contributed by atoms with van der Waals surface area (Å²) in [5.74, 6) is -0.411. The number of benzene rings is 1. The normalized spacial score (nSPS) is 12.7. The van der Waals surface area contributed by atoms with Crippen LogP contribution in [0.3, 0.4) is 0 Å². The van der Waals surface area contributed by atoms with Crippen LogP contribution in [-0.2, 0) is 7.05 Å². The molecule has 90 valence electrons. The highest BCUT2D eigenvalue weighted by Crippen LogP contribution is 2.24. The van der Waals surface area contributed by atoms with Crippen LogP contribution in [0.1, 0.15) is 17.3 Å². The average molecular weight is 254 g/mol. The first kappa shape index (κ1) is 12.1. The van der Waals surface area contributed by atoms with Gasteiger partial charge in [0.05, 0.1) is 16.8 Å². The maximum Gasteiger partial charge on any atom is 0.142 e. The third kappa shape index (κ3) is 2.33. The fraction of sp³-hybridized carbons (Fsp3) is 0.250. The van der Waals surface area contributed by atoms with Crippen molar-refractivity contribution in [1.29, 1.82) is 0 Å². The molecule has 5 heteroatoms. The van der Waals surface area contributed by atoms with Crippen LogP contribution < -0.4 is 5.32 Å². The van der Waals surface area contributed by atoms with E-state index < -0.39 is 5.82 Å². The lowest BCUT2D eigenvalue weighted by Crippen LogP contribution is -2.20. The van der Waals surface area contributed by atoms with Crippen molar-refractivity contribution in [3.8, 4) is 0 Å². The molecule has 0 aliphatic carbocycles. The van der Waals surface area contributed by atoms with Gasteiger partial charge in [0, 0.05) is 13.2 Å². The standard InChI is InChI=1S/C12H13ClFN3/c1-15-12(11-5-6-16-17(11)2)8-3-4-9(13)10(14)7-8/h3-7,12,15H,1-2H3. The summed E-state index contributed by atoms with van der Waals surface area (Å²) in [4.78, 5) is 0. The molecule has 0 amide bonds. The molecule has 0 spiro atoms. The lowest BCUT2D eigenvalue weighted by Gasteiger charge is -2.17. The molecule has 1 unspecified atom stereocenters. The molecule has 0 saturated heterocycles. The zero-order chi connectivity index (χ0) is 12.4. The van der Waals surface area contributed by atoms with E-state index >= 15 is 0 Å². The van der Waals surface area contributed by atoms with E-state index in [0.29, 0.717) is 0 Å². The fourth-order valence-corrected chi connectivity index (χ4v) is 1.96. The van der Waals surface area contributed by atoms with Crippen LogP contribution in [0.4, 0.5) is 4.39 Å². The summed E-state index contributed by atoms with van der Waals surface area (Å²) < 4.78 is 15.2. The molecule has 1 heterocycles. The first-order chi connectivity index (χ1) is 8.13. The van der Waals surface area contributed by atoms with Gasteiger partial charge in [-0.25, -0.2) is 4.39 Å². The number of nitrogens with zero attached hydrogens (tertiary/aromatic N) is 2. The van der Waals surface area contributed by atoms with Crippen LogP contribution in [0.5, 0.6) is 0 Å². The minimum atomic E-state index is -0.411. The Hall–Kier alpha value is -1.39. The Labute approximate surface area is 104 Å². The lowest BCUT2D eigenvalue weighted by atomic mass is 10.0. The summed E-state index contributed by atoms with van der Waals surface area (Å²) in [6, 6.07) is 6.60. The Bertz CT molecular complexity index is 524. The minimum absolute atomic E-state index is 0.103. The Morgan fingerprint density at radius 1 is 1.41 bits per heavy atom. The fourth-order valence-electron chi connectivity index (χ4n) is 1.84. The van der Waals surface area contributed by atoms with Crippen molar-refractivity contribution >= 4 is 11.6 Å². The summed E-state index contributed by atoms with van der Waals surface area (Å²) in [6.07, 6.45) is 1.71. The van der Waals surface area contributed by atoms with Gasteiger partial charge >= 0.3 is 0 Å². The zero-order valence-corrected chi connectivity index (χ0v) is 10.4. The monoisotopic (exact) mass is 253 g/mol. The number of hydrogen-bond donors (Lipinski definition) is 1. The lowest BCUT2D eigenvalue weighted by molar-refractivity contribution is 0.591. The molecule has 0 aliphatic heterocycles. The van der Waals surface area contributed by atoms with Gasteiger partial charge in [-0.15, -0.1) is 0 Å². The molecular formula is C12H13ClFN3. The highest BCUT2D eigenvalue weighted by molar-refractivity contribution is 6.30. The Balaban J connectivity index is 2.42. The van der Waals surface area contributed by atoms with E-state index in [4.69, 9.17) is 11.6 Å². The topological polar surface area (TPSA) is 29.9 Å². The molecule has 1 atom stereocenters. The van der Waals surface area contributed by atoms with E-state index in [1.54, 1.807) is 23.0 Å². The van der Waals surface area contributed by atoms with Crippen molar-refractivity contribution in [3.63, 3.8) is 0 Å². The van der Waals surface area contributed by atoms with Gasteiger partial charge in [0.15, 0.2) is 0 Å². The summed E-state index contributed by atoms with van der Waals surface area (Å²) in [7, 11) is 3.68. The van der Waals surface area contributed by atoms with Gasteiger partial charge in [-0.05, 0) is 30.8 Å². The second-order valence-corrected chi connectivity index (χ2v) is 4.18. The van der Waals surface area contributed by atoms with Crippen LogP contribution in [0.25, 0.3) is 0 Å². The van der Waals surface area contributed by atoms with Crippen molar-refractivity contribution in [2.75, 3.05) is 7.05 Å². The molecule has 17 heavy (non-hydrogen) atoms. The predicted octanol–water partition coefficient (Wildman–Crippen LogP) is 2.52. The SMILES string of the molecule is CNC(c1ccc(Cl)c(F)c1)c1ccnn1C. The second-order valence-electron chi connectivity index (χ2n) is 3.77. The molecule has 1 N–H and O–H groups in total. The maximum absolute atomic E-state index is 13.4. The molecule has 0 radical (unpaired) electrons. The smallest absolute Gasteiger partial charge is 0.142 e. The van der Waals surface area contributed by atoms with Crippen molar-refractivity contribution in [3.05, 3.63) is 52.6 Å². The summed E-state index contributed by atoms with van der Waals surface area (Å²) in [5, 5.41) is 7.38. The number of nitrogens with one attached hydrogen (secondary N) is 1. The minimum Gasteiger partial charge on any atom is -0.308 e. The highest BCUT2D eigenvalue weighted by Gasteiger charge is 2.16. The zero-order valence-electron chi connectivity index (χ0n) is 9.61. The summed E-state index contributed by atoms with van der Waals surface area (Å²) in [6.45, 7) is 0. The molecular weight excluding hydrogens is 241 g/mol. The number of hydrogen-bond acceptors (Lipinski definition) is 2. The van der Waals surface area contributed by atoms with E-state index in [1.165, 1.54) is 6.07 Å². The molecule has 0 fully saturated rings. The highest BCUT2D eigenvalue weighted by atomic mass is 35.5. The Morgan fingerprint density at radius 3 is 2.71 bits per heavy atom. The van der Waals surface area contributed by atoms with E-state index in [2.05, 4.69) is 10.4 Å². The number of aromatic nitrogens is 2. The van der Waals surface area contributed by atoms with Crippen molar-refractivity contribution in [2.45, 2.75) is 6.04 Å². The van der Waals surface area contributed by atoms with Gasteiger partial charge in [0.1, 0.15) is 5.82 Å². The van der Waals surface area contributed by atoms with Crippen LogP contribution in [0.2, 0.25) is 5.02 Å². The maximum atomic E-state index is 13.4. The van der Waals surface area contributed by atoms with Crippen molar-refractivity contribution in [1.82, 2.24) is 15.1 Å². The number of halogens is 2. The van der Waals surface area contributed by atoms with Gasteiger partial charge in [0.25, 0.3) is 0 Å². The van der Waals surface area contributed by atoms with Gasteiger partial charge in [0.2, 0.25) is 0 Å². The number of aryl methyl sites for hydroxylation is 1. The third-order valence-electron chi connectivity index (χ3n) is 2.72. The van der Waals surface area contributed by atoms with Crippen molar-refractivity contribution < 1.29 is 4.39 Å². The average Bonchev–Trinajstić information content (AvgIpc) is 2.71. The van der Waals surface area contributed by atoms with Crippen LogP contribution in [-0.4, -0.2) is 16.8 Å². The molecule has 1 aromatic carbocycles. The van der Waals surface area contributed by atoms with Crippen LogP contribution in [0, 0.1) is 5.82 Å². The first-order valence-corrected chi connectivity index (χ1v) is 5.61. The van der Waals surface area contributed by atoms with E-state index in [0.717, 1.165) is 11.3 Å². The first-order valence-electron chi connectivity index (χ1n) is 5.23. The molecule has 1 aromatic heterocycles. The molecule has 2 aromatic rings. The molecule has 0 bridgehead atoms. The van der Waals surface area contributed by atoms with E-state index in [1.807, 2.05) is 20.2 Å². The van der Waals surface area contributed by atoms with Gasteiger partial charge < -0.3 is 5.32 Å². The van der Waals surface area contributed by atoms with Gasteiger partial charge in [-0.3, -0.25) is 4.68 Å². The molecule has 2 rings (SSSR count). The molecule has 0 aliphatic rings. The van der Waals surface area contributed by atoms with Crippen LogP contribution >= 0.6 is 11.6 Å². The largest absolute Gasteiger partial charge is 0.308 e. The van der Waals surface area contributed by atoms with Crippen molar-refractivity contribution in [2.24, 2.45) is 7.05 Å². The predicted molar refractivity (Wildman–Crippen MR) is 65.5 cm³/mol. The van der Waals surface area contributed by atoms with E-state index in [-0.39, 0.29) is 11.1 Å². The summed E-state index contributed by atoms with van der Waals surface area (Å²) in [5.41, 5.74) is 1.78. The van der Waals surface area contributed by atoms with Crippen LogP contribution in [0.15, 0.2) is 30.5 Å². The molecule has 0 saturated carbocycles. The van der Waals surface area contributed by atoms with Gasteiger partial charge in [-0.2, -0.15) is 5.10 Å². The van der Waals surface area contributed by atoms with Gasteiger partial charge in [-0.1, -0.05) is 17.7 Å².